The van der Waals surface area contributed by atoms with Gasteiger partial charge in [0.2, 0.25) is 0 Å². The summed E-state index contributed by atoms with van der Waals surface area (Å²) in [5.74, 6) is -0.925. The number of hydrogen-bond acceptors (Lipinski definition) is 6. The Bertz CT molecular complexity index is 806. The molecule has 32 heavy (non-hydrogen) atoms. The Balaban J connectivity index is 0.00000512. The number of Topliss-reactive ketones (excluding diaryl/α,β-unsaturated/α-hetero) is 1. The van der Waals surface area contributed by atoms with Crippen molar-refractivity contribution in [2.45, 2.75) is 85.4 Å². The van der Waals surface area contributed by atoms with E-state index in [4.69, 9.17) is 4.74 Å². The second-order valence-corrected chi connectivity index (χ2v) is 9.96. The highest BCUT2D eigenvalue weighted by atomic mass is 32.1. The van der Waals surface area contributed by atoms with Crippen LogP contribution in [0.15, 0.2) is 23.1 Å². The van der Waals surface area contributed by atoms with Gasteiger partial charge >= 0.3 is 5.97 Å². The van der Waals surface area contributed by atoms with E-state index in [1.165, 1.54) is 0 Å². The van der Waals surface area contributed by atoms with Crippen molar-refractivity contribution in [2.24, 2.45) is 17.8 Å². The third-order valence-corrected chi connectivity index (χ3v) is 6.94. The Morgan fingerprint density at radius 2 is 1.97 bits per heavy atom. The fourth-order valence-electron chi connectivity index (χ4n) is 3.97. The number of carbonyl (C=O) groups excluding carboxylic acids is 2. The molecule has 1 aromatic rings. The number of aromatic nitrogens is 1. The molecule has 0 saturated heterocycles. The minimum atomic E-state index is -0.648. The number of cyclic esters (lactones) is 1. The molecule has 0 spiro atoms. The Morgan fingerprint density at radius 1 is 1.25 bits per heavy atom. The second kappa shape index (κ2) is 13.7. The summed E-state index contributed by atoms with van der Waals surface area (Å²) in [7, 11) is 0. The molecule has 182 valence electrons. The average molecular weight is 468 g/mol. The van der Waals surface area contributed by atoms with Gasteiger partial charge in [-0.25, -0.2) is 4.98 Å². The van der Waals surface area contributed by atoms with Crippen LogP contribution >= 0.6 is 11.3 Å². The molecule has 5 atom stereocenters. The Hall–Kier alpha value is -1.83. The number of aliphatic hydroxyl groups is 1. The third-order valence-electron chi connectivity index (χ3n) is 6.15. The van der Waals surface area contributed by atoms with Crippen molar-refractivity contribution in [1.82, 2.24) is 4.98 Å². The molecule has 0 bridgehead atoms. The van der Waals surface area contributed by atoms with Crippen molar-refractivity contribution < 1.29 is 26.3 Å². The highest BCUT2D eigenvalue weighted by Crippen LogP contribution is 2.25. The molecule has 0 aliphatic carbocycles. The number of carbonyl (C=O) groups is 2. The zero-order chi connectivity index (χ0) is 23.0. The molecule has 6 nitrogen and oxygen atoms in total. The molecule has 3 N–H and O–H groups in total. The van der Waals surface area contributed by atoms with Gasteiger partial charge < -0.3 is 15.3 Å². The Labute approximate surface area is 197 Å². The van der Waals surface area contributed by atoms with Crippen molar-refractivity contribution in [3.8, 4) is 0 Å². The largest absolute Gasteiger partial charge is 0.457 e. The second-order valence-electron chi connectivity index (χ2n) is 8.89. The maximum absolute atomic E-state index is 12.7. The molecule has 7 heteroatoms. The minimum absolute atomic E-state index is 0. The molecular weight excluding hydrogens is 426 g/mol. The number of rotatable bonds is 2. The molecular formula is C25H41NO5S. The van der Waals surface area contributed by atoms with Crippen molar-refractivity contribution in [1.29, 1.82) is 0 Å². The summed E-state index contributed by atoms with van der Waals surface area (Å²) >= 11 is 1.59. The first-order valence-electron chi connectivity index (χ1n) is 11.4. The first kappa shape index (κ1) is 28.2. The summed E-state index contributed by atoms with van der Waals surface area (Å²) in [5, 5.41) is 13.6. The van der Waals surface area contributed by atoms with Crippen LogP contribution < -0.4 is 0 Å². The van der Waals surface area contributed by atoms with Crippen LogP contribution in [0, 0.1) is 24.7 Å². The fourth-order valence-corrected chi connectivity index (χ4v) is 4.54. The SMILES string of the molecule is C/C(=C\c1csc(C)n1)C1C/C=C\CCC[C@H](C)[C@H](O)[C@@H](C)C(=O)[C@H](C)CCC(=O)O1.O.[HH]. The van der Waals surface area contributed by atoms with E-state index < -0.39 is 12.0 Å². The van der Waals surface area contributed by atoms with E-state index in [-0.39, 0.29) is 43.0 Å². The van der Waals surface area contributed by atoms with E-state index in [0.717, 1.165) is 35.5 Å². The van der Waals surface area contributed by atoms with Gasteiger partial charge in [-0.2, -0.15) is 0 Å². The molecule has 2 rings (SSSR count). The number of ether oxygens (including phenoxy) is 1. The summed E-state index contributed by atoms with van der Waals surface area (Å²) in [6, 6.07) is 0. The van der Waals surface area contributed by atoms with E-state index >= 15 is 0 Å². The summed E-state index contributed by atoms with van der Waals surface area (Å²) in [6.07, 6.45) is 9.12. The number of hydrogen-bond donors (Lipinski definition) is 1. The van der Waals surface area contributed by atoms with Gasteiger partial charge in [0.05, 0.1) is 16.8 Å². The topological polar surface area (TPSA) is 108 Å². The van der Waals surface area contributed by atoms with Crippen LogP contribution in [-0.4, -0.2) is 39.5 Å². The summed E-state index contributed by atoms with van der Waals surface area (Å²) < 4.78 is 5.80. The van der Waals surface area contributed by atoms with Gasteiger partial charge in [0.1, 0.15) is 11.9 Å². The van der Waals surface area contributed by atoms with Gasteiger partial charge in [-0.05, 0) is 57.1 Å². The minimum Gasteiger partial charge on any atom is -0.457 e. The van der Waals surface area contributed by atoms with Gasteiger partial charge in [0, 0.05) is 31.5 Å². The normalized spacial score (nSPS) is 30.3. The number of ketones is 1. The summed E-state index contributed by atoms with van der Waals surface area (Å²) in [4.78, 5) is 29.8. The van der Waals surface area contributed by atoms with E-state index in [9.17, 15) is 14.7 Å². The number of aryl methyl sites for hydroxylation is 1. The predicted molar refractivity (Wildman–Crippen MR) is 131 cm³/mol. The Kier molecular flexibility index (Phi) is 12.0. The first-order chi connectivity index (χ1) is 14.7. The van der Waals surface area contributed by atoms with Crippen LogP contribution in [-0.2, 0) is 14.3 Å². The highest BCUT2D eigenvalue weighted by molar-refractivity contribution is 7.09. The molecule has 0 saturated carbocycles. The smallest absolute Gasteiger partial charge is 0.306 e. The van der Waals surface area contributed by atoms with Crippen LogP contribution in [0.25, 0.3) is 6.08 Å². The summed E-state index contributed by atoms with van der Waals surface area (Å²) in [5.41, 5.74) is 1.84. The molecule has 0 radical (unpaired) electrons. The van der Waals surface area contributed by atoms with Gasteiger partial charge in [0.15, 0.2) is 0 Å². The van der Waals surface area contributed by atoms with Crippen LogP contribution in [0.1, 0.15) is 78.3 Å². The number of esters is 1. The van der Waals surface area contributed by atoms with E-state index in [0.29, 0.717) is 12.8 Å². The number of thiazole rings is 1. The predicted octanol–water partition coefficient (Wildman–Crippen LogP) is 4.94. The highest BCUT2D eigenvalue weighted by Gasteiger charge is 2.30. The fraction of sp³-hybridized carbons (Fsp3) is 0.640. The lowest BCUT2D eigenvalue weighted by Gasteiger charge is -2.26. The molecule has 2 heterocycles. The molecule has 0 amide bonds. The lowest BCUT2D eigenvalue weighted by atomic mass is 9.82. The molecule has 1 aromatic heterocycles. The van der Waals surface area contributed by atoms with Gasteiger partial charge in [-0.15, -0.1) is 11.3 Å². The molecule has 1 unspecified atom stereocenters. The number of aliphatic hydroxyl groups excluding tert-OH is 1. The lowest BCUT2D eigenvalue weighted by Crippen LogP contribution is -2.34. The average Bonchev–Trinajstić information content (AvgIpc) is 3.15. The van der Waals surface area contributed by atoms with Crippen LogP contribution in [0.5, 0.6) is 0 Å². The zero-order valence-corrected chi connectivity index (χ0v) is 20.8. The molecule has 0 fully saturated rings. The van der Waals surface area contributed by atoms with Gasteiger partial charge in [-0.1, -0.05) is 32.9 Å². The van der Waals surface area contributed by atoms with Crippen LogP contribution in [0.2, 0.25) is 0 Å². The zero-order valence-electron chi connectivity index (χ0n) is 20.0. The molecule has 1 aliphatic heterocycles. The molecule has 0 aromatic carbocycles. The van der Waals surface area contributed by atoms with Crippen molar-refractivity contribution in [3.05, 3.63) is 33.8 Å². The van der Waals surface area contributed by atoms with Crippen LogP contribution in [0.3, 0.4) is 0 Å². The van der Waals surface area contributed by atoms with E-state index in [2.05, 4.69) is 17.1 Å². The summed E-state index contributed by atoms with van der Waals surface area (Å²) in [6.45, 7) is 9.58. The van der Waals surface area contributed by atoms with Gasteiger partial charge in [0.25, 0.3) is 0 Å². The molecule has 1 aliphatic rings. The quantitative estimate of drug-likeness (QED) is 0.490. The van der Waals surface area contributed by atoms with E-state index in [1.807, 2.05) is 39.2 Å². The first-order valence-corrected chi connectivity index (χ1v) is 12.2. The monoisotopic (exact) mass is 467 g/mol. The Morgan fingerprint density at radius 3 is 2.62 bits per heavy atom. The third kappa shape index (κ3) is 8.60. The number of allylic oxidation sites excluding steroid dienone is 1. The van der Waals surface area contributed by atoms with Gasteiger partial charge in [-0.3, -0.25) is 9.59 Å². The maximum atomic E-state index is 12.7. The number of nitrogens with zero attached hydrogens (tertiary/aromatic N) is 1. The van der Waals surface area contributed by atoms with Crippen LogP contribution in [0.4, 0.5) is 0 Å². The maximum Gasteiger partial charge on any atom is 0.306 e. The standard InChI is InChI=1S/C25H37NO4S.H2O.H2/c1-16-10-8-6-7-9-11-22(18(3)14-21-15-31-20(5)26-21)30-23(27)13-12-17(2)25(29)19(4)24(16)28;;/h7,9,14-17,19,22,24,28H,6,8,10-13H2,1-5H3;1H2;1H/b9-7-,18-14+;;/t16-,17+,19+,22?,24-;;/m0../s1. The van der Waals surface area contributed by atoms with Crippen molar-refractivity contribution in [3.63, 3.8) is 0 Å². The van der Waals surface area contributed by atoms with Crippen molar-refractivity contribution >= 4 is 29.2 Å². The van der Waals surface area contributed by atoms with E-state index in [1.54, 1.807) is 18.3 Å². The lowest BCUT2D eigenvalue weighted by molar-refractivity contribution is -0.147. The van der Waals surface area contributed by atoms with Crippen molar-refractivity contribution in [2.75, 3.05) is 0 Å².